The zero-order valence-electron chi connectivity index (χ0n) is 42.2. The van der Waals surface area contributed by atoms with Gasteiger partial charge < -0.3 is 43.6 Å². The number of phenolic OH excluding ortho intramolecular Hbond substituents is 1. The third-order valence-electron chi connectivity index (χ3n) is 15.6. The Morgan fingerprint density at radius 2 is 1.58 bits per heavy atom. The number of aryl methyl sites for hydroxylation is 1. The first-order chi connectivity index (χ1) is 34.5. The van der Waals surface area contributed by atoms with Crippen LogP contribution in [0.5, 0.6) is 40.2 Å². The predicted molar refractivity (Wildman–Crippen MR) is 268 cm³/mol. The summed E-state index contributed by atoms with van der Waals surface area (Å²) in [6.45, 7) is 7.48. The summed E-state index contributed by atoms with van der Waals surface area (Å²) in [5, 5.41) is 30.0. The van der Waals surface area contributed by atoms with E-state index in [0.717, 1.165) is 36.0 Å². The summed E-state index contributed by atoms with van der Waals surface area (Å²) in [4.78, 5) is 43.7. The summed E-state index contributed by atoms with van der Waals surface area (Å²) in [6, 6.07) is 5.27. The molecule has 0 aromatic heterocycles. The van der Waals surface area contributed by atoms with Crippen molar-refractivity contribution < 1.29 is 52.6 Å². The molecule has 3 N–H and O–H groups in total. The molecule has 0 amide bonds. The number of aromatic hydroxyl groups is 1. The highest BCUT2D eigenvalue weighted by atomic mass is 32.2. The number of unbranched alkanes of at least 4 members (excludes halogenated alkanes) is 12. The Morgan fingerprint density at radius 1 is 0.873 bits per heavy atom. The molecule has 2 saturated heterocycles. The van der Waals surface area contributed by atoms with Crippen LogP contribution in [0.25, 0.3) is 0 Å². The minimum atomic E-state index is -1.41. The topological polar surface area (TPSA) is 187 Å². The van der Waals surface area contributed by atoms with E-state index >= 15 is 4.79 Å². The van der Waals surface area contributed by atoms with Gasteiger partial charge in [-0.25, -0.2) is 4.79 Å². The number of nitrogens with one attached hydrogen (secondary N) is 2. The number of thioether (sulfide) groups is 1. The Kier molecular flexibility index (Phi) is 15.6. The number of rotatable bonds is 18. The summed E-state index contributed by atoms with van der Waals surface area (Å²) < 4.78 is 42.8. The highest BCUT2D eigenvalue weighted by Gasteiger charge is 2.60. The lowest BCUT2D eigenvalue weighted by molar-refractivity contribution is -0.155. The van der Waals surface area contributed by atoms with Gasteiger partial charge in [-0.05, 0) is 67.5 Å². The second-order valence-corrected chi connectivity index (χ2v) is 21.2. The Labute approximate surface area is 421 Å². The van der Waals surface area contributed by atoms with Crippen LogP contribution in [0.1, 0.15) is 166 Å². The van der Waals surface area contributed by atoms with E-state index in [2.05, 4.69) is 28.5 Å². The summed E-state index contributed by atoms with van der Waals surface area (Å²) in [5.74, 6) is 0.958. The number of hydrogen-bond acceptors (Lipinski definition) is 16. The van der Waals surface area contributed by atoms with Crippen molar-refractivity contribution in [1.29, 1.82) is 5.26 Å². The number of piperazine rings is 1. The van der Waals surface area contributed by atoms with Gasteiger partial charge in [0.15, 0.2) is 40.0 Å². The fourth-order valence-electron chi connectivity index (χ4n) is 12.3. The van der Waals surface area contributed by atoms with Crippen LogP contribution in [0.15, 0.2) is 18.2 Å². The third-order valence-corrected chi connectivity index (χ3v) is 17.1. The van der Waals surface area contributed by atoms with Crippen LogP contribution < -0.4 is 39.1 Å². The molecule has 7 atom stereocenters. The number of phenols is 1. The zero-order valence-corrected chi connectivity index (χ0v) is 43.0. The lowest BCUT2D eigenvalue weighted by Crippen LogP contribution is -2.69. The van der Waals surface area contributed by atoms with Gasteiger partial charge in [0.25, 0.3) is 0 Å². The minimum Gasteiger partial charge on any atom is -0.504 e. The van der Waals surface area contributed by atoms with E-state index in [1.54, 1.807) is 6.07 Å². The number of nitrogens with zero attached hydrogens (tertiary/aromatic N) is 2. The highest BCUT2D eigenvalue weighted by Crippen LogP contribution is 2.63. The maximum absolute atomic E-state index is 15.2. The second kappa shape index (κ2) is 21.9. The molecule has 7 aliphatic rings. The summed E-state index contributed by atoms with van der Waals surface area (Å²) in [6.07, 6.45) is 17.1. The smallest absolute Gasteiger partial charge is 0.331 e. The van der Waals surface area contributed by atoms with Crippen molar-refractivity contribution in [3.63, 3.8) is 0 Å². The Balaban J connectivity index is 1.03. The number of carbonyl (C=O) groups excluding carboxylic acids is 3. The normalized spacial score (nSPS) is 24.7. The van der Waals surface area contributed by atoms with Gasteiger partial charge in [0.05, 0.1) is 37.6 Å². The molecular formula is C55H70N4O11S. The molecule has 0 aliphatic carbocycles. The molecule has 7 aliphatic heterocycles. The number of ether oxygens (including phenoxy) is 7. The van der Waals surface area contributed by atoms with Crippen LogP contribution in [0.2, 0.25) is 0 Å². The lowest BCUT2D eigenvalue weighted by Gasteiger charge is -2.59. The number of benzene rings is 3. The molecule has 7 heterocycles. The molecule has 71 heavy (non-hydrogen) atoms. The second-order valence-electron chi connectivity index (χ2n) is 20.1. The fraction of sp³-hybridized carbons (Fsp3) is 0.600. The molecule has 3 aromatic carbocycles. The van der Waals surface area contributed by atoms with Gasteiger partial charge in [-0.1, -0.05) is 90.0 Å². The highest BCUT2D eigenvalue weighted by molar-refractivity contribution is 7.99. The summed E-state index contributed by atoms with van der Waals surface area (Å²) >= 11 is 1.47. The van der Waals surface area contributed by atoms with Crippen molar-refractivity contribution in [2.24, 2.45) is 0 Å². The molecule has 10 rings (SSSR count). The molecule has 0 saturated carbocycles. The molecular weight excluding hydrogens is 925 g/mol. The van der Waals surface area contributed by atoms with Gasteiger partial charge in [0, 0.05) is 60.0 Å². The molecule has 0 radical (unpaired) electrons. The molecule has 382 valence electrons. The van der Waals surface area contributed by atoms with Crippen LogP contribution in [0.3, 0.4) is 0 Å². The molecule has 3 aromatic rings. The Hall–Kier alpha value is -5.21. The van der Waals surface area contributed by atoms with Crippen molar-refractivity contribution in [1.82, 2.24) is 15.5 Å². The Bertz CT molecular complexity index is 2560. The SMILES string of the molecule is CCCCCCCCCCCCCCCC(=O)Oc1cc2c(cc1OC)[C@@]1(CS[C@@H]3c4c(OC(C)=O)c(C)c5c(c4[C@@H](COC1=O)N1C3[C@@H]3N[C@H](Cc4cc(C)c(OC)c(O)c43)[C@@H]1C#N)OCO5)NCC2. The summed E-state index contributed by atoms with van der Waals surface area (Å²) in [7, 11) is 3.05. The van der Waals surface area contributed by atoms with Crippen molar-refractivity contribution in [2.75, 3.05) is 39.9 Å². The van der Waals surface area contributed by atoms with Gasteiger partial charge >= 0.3 is 17.9 Å². The number of carbonyl (C=O) groups is 3. The van der Waals surface area contributed by atoms with Gasteiger partial charge in [0.2, 0.25) is 6.79 Å². The van der Waals surface area contributed by atoms with Gasteiger partial charge in [-0.3, -0.25) is 19.8 Å². The summed E-state index contributed by atoms with van der Waals surface area (Å²) in [5.41, 5.74) is 4.29. The maximum atomic E-state index is 15.2. The number of hydrogen-bond donors (Lipinski definition) is 3. The molecule has 1 unspecified atom stereocenters. The number of fused-ring (bicyclic) bond motifs is 9. The van der Waals surface area contributed by atoms with Crippen LogP contribution >= 0.6 is 11.8 Å². The first-order valence-corrected chi connectivity index (χ1v) is 26.9. The molecule has 15 nitrogen and oxygen atoms in total. The van der Waals surface area contributed by atoms with Crippen molar-refractivity contribution in [2.45, 2.75) is 171 Å². The average molecular weight is 995 g/mol. The quantitative estimate of drug-likeness (QED) is 0.0621. The largest absolute Gasteiger partial charge is 0.504 e. The first kappa shape index (κ1) is 50.7. The van der Waals surface area contributed by atoms with Gasteiger partial charge in [-0.15, -0.1) is 11.8 Å². The van der Waals surface area contributed by atoms with Crippen molar-refractivity contribution in [3.8, 4) is 46.3 Å². The first-order valence-electron chi connectivity index (χ1n) is 25.9. The van der Waals surface area contributed by atoms with E-state index in [-0.39, 0.29) is 36.9 Å². The molecule has 1 spiro atoms. The Morgan fingerprint density at radius 3 is 2.25 bits per heavy atom. The van der Waals surface area contributed by atoms with Crippen LogP contribution in [0, 0.1) is 25.2 Å². The van der Waals surface area contributed by atoms with E-state index in [4.69, 9.17) is 33.2 Å². The fourth-order valence-corrected chi connectivity index (χ4v) is 14.0. The third kappa shape index (κ3) is 9.52. The van der Waals surface area contributed by atoms with Gasteiger partial charge in [-0.2, -0.15) is 5.26 Å². The monoisotopic (exact) mass is 994 g/mol. The van der Waals surface area contributed by atoms with Crippen molar-refractivity contribution in [3.05, 3.63) is 62.7 Å². The van der Waals surface area contributed by atoms with E-state index in [0.29, 0.717) is 88.1 Å². The van der Waals surface area contributed by atoms with E-state index < -0.39 is 46.9 Å². The van der Waals surface area contributed by atoms with E-state index in [1.807, 2.05) is 26.0 Å². The van der Waals surface area contributed by atoms with Crippen LogP contribution in [0.4, 0.5) is 0 Å². The standard InChI is InChI=1S/C55H70N4O11S/c1-7-8-9-10-11-12-13-14-15-16-17-18-19-20-42(61)70-41-25-34-21-22-57-55(36(34)26-40(41)64-5)29-71-53-45-44(52-51(67-30-68-52)32(3)50(45)69-33(4)60)39(28-66-54(55)63)59-38(27-56)37-24-35-23-31(2)49(65-6)48(62)43(35)46(58-37)47(53)59/h23,25-26,37-39,46-47,53,57-58,62H,7-22,24,28-30H2,1-6H3/t37-,38+,39-,46-,47?,53-,55-/m1/s1. The van der Waals surface area contributed by atoms with Crippen LogP contribution in [-0.2, 0) is 37.5 Å². The van der Waals surface area contributed by atoms with Gasteiger partial charge in [0.1, 0.15) is 18.4 Å². The number of methoxy groups -OCH3 is 2. The number of nitriles is 1. The molecule has 16 heteroatoms. The lowest BCUT2D eigenvalue weighted by atomic mass is 9.72. The predicted octanol–water partition coefficient (Wildman–Crippen LogP) is 9.33. The molecule has 2 fully saturated rings. The van der Waals surface area contributed by atoms with E-state index in [9.17, 15) is 20.0 Å². The van der Waals surface area contributed by atoms with Crippen LogP contribution in [-0.4, -0.2) is 86.0 Å². The average Bonchev–Trinajstić information content (AvgIpc) is 3.85. The zero-order chi connectivity index (χ0) is 50.0. The van der Waals surface area contributed by atoms with E-state index in [1.165, 1.54) is 97.1 Å². The minimum absolute atomic E-state index is 0.0211. The molecule has 4 bridgehead atoms. The maximum Gasteiger partial charge on any atom is 0.331 e. The number of esters is 3. The van der Waals surface area contributed by atoms with Crippen molar-refractivity contribution >= 4 is 29.7 Å².